The molecule has 0 aromatic heterocycles. The van der Waals surface area contributed by atoms with E-state index in [9.17, 15) is 14.7 Å². The van der Waals surface area contributed by atoms with Crippen LogP contribution in [0.2, 0.25) is 0 Å². The minimum Gasteiger partial charge on any atom is -0.480 e. The number of aliphatic carboxylic acids is 1. The number of nitrogens with one attached hydrogen (secondary N) is 1. The lowest BCUT2D eigenvalue weighted by Crippen LogP contribution is -2.58. The average molecular weight is 393 g/mol. The van der Waals surface area contributed by atoms with Crippen LogP contribution in [-0.4, -0.2) is 29.3 Å². The Bertz CT molecular complexity index is 906. The van der Waals surface area contributed by atoms with Gasteiger partial charge in [0.1, 0.15) is 12.1 Å². The van der Waals surface area contributed by atoms with Crippen molar-refractivity contribution in [2.75, 3.05) is 6.61 Å². The molecule has 0 bridgehead atoms. The zero-order chi connectivity index (χ0) is 20.6. The summed E-state index contributed by atoms with van der Waals surface area (Å²) in [4.78, 5) is 24.6. The third-order valence-corrected chi connectivity index (χ3v) is 6.33. The number of hydrogen-bond donors (Lipinski definition) is 2. The van der Waals surface area contributed by atoms with Gasteiger partial charge in [-0.25, -0.2) is 9.59 Å². The van der Waals surface area contributed by atoms with Crippen LogP contribution < -0.4 is 5.32 Å². The van der Waals surface area contributed by atoms with Crippen molar-refractivity contribution in [2.45, 2.75) is 51.0 Å². The topological polar surface area (TPSA) is 75.6 Å². The van der Waals surface area contributed by atoms with E-state index in [0.29, 0.717) is 12.8 Å². The van der Waals surface area contributed by atoms with Crippen molar-refractivity contribution in [1.29, 1.82) is 0 Å². The van der Waals surface area contributed by atoms with E-state index in [4.69, 9.17) is 4.74 Å². The third-order valence-electron chi connectivity index (χ3n) is 6.33. The van der Waals surface area contributed by atoms with Crippen molar-refractivity contribution in [3.8, 4) is 11.1 Å². The fourth-order valence-corrected chi connectivity index (χ4v) is 5.04. The van der Waals surface area contributed by atoms with Crippen molar-refractivity contribution in [3.05, 3.63) is 59.7 Å². The Morgan fingerprint density at radius 1 is 1.03 bits per heavy atom. The molecule has 4 rings (SSSR count). The highest BCUT2D eigenvalue weighted by Gasteiger charge is 2.47. The molecule has 0 saturated heterocycles. The molecule has 5 heteroatoms. The van der Waals surface area contributed by atoms with Crippen LogP contribution in [0.1, 0.15) is 56.6 Å². The first-order valence-corrected chi connectivity index (χ1v) is 10.2. The van der Waals surface area contributed by atoms with Gasteiger partial charge in [-0.2, -0.15) is 0 Å². The summed E-state index contributed by atoms with van der Waals surface area (Å²) < 4.78 is 5.57. The largest absolute Gasteiger partial charge is 0.480 e. The van der Waals surface area contributed by atoms with Crippen LogP contribution >= 0.6 is 0 Å². The van der Waals surface area contributed by atoms with E-state index >= 15 is 0 Å². The van der Waals surface area contributed by atoms with Gasteiger partial charge in [-0.1, -0.05) is 62.4 Å². The van der Waals surface area contributed by atoms with Gasteiger partial charge in [0.05, 0.1) is 0 Å². The van der Waals surface area contributed by atoms with Crippen LogP contribution in [0.15, 0.2) is 48.5 Å². The molecule has 152 valence electrons. The van der Waals surface area contributed by atoms with Gasteiger partial charge in [-0.3, -0.25) is 0 Å². The maximum Gasteiger partial charge on any atom is 0.408 e. The monoisotopic (exact) mass is 393 g/mol. The summed E-state index contributed by atoms with van der Waals surface area (Å²) in [6.45, 7) is 4.27. The van der Waals surface area contributed by atoms with Crippen LogP contribution in [0.3, 0.4) is 0 Å². The summed E-state index contributed by atoms with van der Waals surface area (Å²) in [6, 6.07) is 16.3. The molecule has 1 unspecified atom stereocenters. The summed E-state index contributed by atoms with van der Waals surface area (Å²) in [7, 11) is 0. The van der Waals surface area contributed by atoms with Crippen molar-refractivity contribution in [3.63, 3.8) is 0 Å². The van der Waals surface area contributed by atoms with E-state index in [1.165, 1.54) is 0 Å². The van der Waals surface area contributed by atoms with Gasteiger partial charge in [0, 0.05) is 5.92 Å². The number of carbonyl (C=O) groups excluding carboxylic acids is 1. The number of fused-ring (bicyclic) bond motifs is 3. The maximum atomic E-state index is 12.6. The van der Waals surface area contributed by atoms with Crippen LogP contribution in [0, 0.1) is 5.41 Å². The highest BCUT2D eigenvalue weighted by atomic mass is 16.5. The Kier molecular flexibility index (Phi) is 4.85. The standard InChI is InChI=1S/C24H27NO4/c1-23(2)12-7-13-24(15-23,21(26)27)25-22(28)29-14-20-18-10-5-3-8-16(18)17-9-4-6-11-19(17)20/h3-6,8-11,20H,7,12-15H2,1-2H3,(H,25,28)(H,26,27). The van der Waals surface area contributed by atoms with Crippen LogP contribution in [0.25, 0.3) is 11.1 Å². The van der Waals surface area contributed by atoms with Crippen molar-refractivity contribution >= 4 is 12.1 Å². The summed E-state index contributed by atoms with van der Waals surface area (Å²) in [6.07, 6.45) is 1.89. The Hall–Kier alpha value is -2.82. The van der Waals surface area contributed by atoms with E-state index in [1.807, 2.05) is 38.1 Å². The Labute approximate surface area is 171 Å². The van der Waals surface area contributed by atoms with Gasteiger partial charge in [0.25, 0.3) is 0 Å². The molecule has 0 radical (unpaired) electrons. The summed E-state index contributed by atoms with van der Waals surface area (Å²) in [5, 5.41) is 12.5. The van der Waals surface area contributed by atoms with E-state index in [0.717, 1.165) is 35.1 Å². The molecule has 1 atom stereocenters. The number of benzene rings is 2. The second kappa shape index (κ2) is 7.21. The average Bonchev–Trinajstić information content (AvgIpc) is 2.99. The molecule has 2 N–H and O–H groups in total. The first kappa shape index (κ1) is 19.5. The van der Waals surface area contributed by atoms with Gasteiger partial charge in [0.15, 0.2) is 0 Å². The SMILES string of the molecule is CC1(C)CCCC(NC(=O)OCC2c3ccccc3-c3ccccc32)(C(=O)O)C1. The number of hydrogen-bond acceptors (Lipinski definition) is 3. The second-order valence-electron chi connectivity index (χ2n) is 9.03. The van der Waals surface area contributed by atoms with E-state index in [1.54, 1.807) is 0 Å². The minimum atomic E-state index is -1.26. The van der Waals surface area contributed by atoms with E-state index in [-0.39, 0.29) is 17.9 Å². The predicted octanol–water partition coefficient (Wildman–Crippen LogP) is 4.95. The highest BCUT2D eigenvalue weighted by molar-refractivity contribution is 5.85. The number of rotatable bonds is 4. The zero-order valence-electron chi connectivity index (χ0n) is 16.9. The zero-order valence-corrected chi connectivity index (χ0v) is 16.9. The smallest absolute Gasteiger partial charge is 0.408 e. The lowest BCUT2D eigenvalue weighted by atomic mass is 9.68. The van der Waals surface area contributed by atoms with Gasteiger partial charge in [0.2, 0.25) is 0 Å². The molecular weight excluding hydrogens is 366 g/mol. The lowest BCUT2D eigenvalue weighted by molar-refractivity contribution is -0.148. The van der Waals surface area contributed by atoms with E-state index < -0.39 is 17.6 Å². The molecule has 5 nitrogen and oxygen atoms in total. The molecule has 29 heavy (non-hydrogen) atoms. The number of ether oxygens (including phenoxy) is 1. The van der Waals surface area contributed by atoms with Crippen LogP contribution in [0.4, 0.5) is 4.79 Å². The van der Waals surface area contributed by atoms with Crippen molar-refractivity contribution < 1.29 is 19.4 Å². The number of alkyl carbamates (subject to hydrolysis) is 1. The first-order chi connectivity index (χ1) is 13.8. The molecule has 1 amide bonds. The quantitative estimate of drug-likeness (QED) is 0.771. The second-order valence-corrected chi connectivity index (χ2v) is 9.03. The fraction of sp³-hybridized carbons (Fsp3) is 0.417. The number of carboxylic acids is 1. The molecular formula is C24H27NO4. The summed E-state index contributed by atoms with van der Waals surface area (Å²) >= 11 is 0. The Morgan fingerprint density at radius 3 is 2.17 bits per heavy atom. The molecule has 1 saturated carbocycles. The molecule has 1 fully saturated rings. The van der Waals surface area contributed by atoms with Gasteiger partial charge in [-0.15, -0.1) is 0 Å². The lowest BCUT2D eigenvalue weighted by Gasteiger charge is -2.42. The van der Waals surface area contributed by atoms with E-state index in [2.05, 4.69) is 29.6 Å². The molecule has 0 aliphatic heterocycles. The fourth-order valence-electron chi connectivity index (χ4n) is 5.04. The van der Waals surface area contributed by atoms with Gasteiger partial charge < -0.3 is 15.2 Å². The van der Waals surface area contributed by atoms with Crippen molar-refractivity contribution in [1.82, 2.24) is 5.32 Å². The minimum absolute atomic E-state index is 0.0447. The first-order valence-electron chi connectivity index (χ1n) is 10.2. The van der Waals surface area contributed by atoms with Crippen LogP contribution in [0.5, 0.6) is 0 Å². The Balaban J connectivity index is 1.49. The molecule has 0 heterocycles. The third kappa shape index (κ3) is 3.61. The molecule has 2 aliphatic carbocycles. The molecule has 0 spiro atoms. The molecule has 2 aliphatic rings. The van der Waals surface area contributed by atoms with Gasteiger partial charge >= 0.3 is 12.1 Å². The predicted molar refractivity (Wildman–Crippen MR) is 111 cm³/mol. The molecule has 2 aromatic rings. The van der Waals surface area contributed by atoms with Crippen LogP contribution in [-0.2, 0) is 9.53 Å². The molecule has 2 aromatic carbocycles. The number of carboxylic acid groups (broad SMARTS) is 1. The Morgan fingerprint density at radius 2 is 1.62 bits per heavy atom. The van der Waals surface area contributed by atoms with Crippen molar-refractivity contribution in [2.24, 2.45) is 5.41 Å². The van der Waals surface area contributed by atoms with Gasteiger partial charge in [-0.05, 0) is 53.4 Å². The number of amides is 1. The maximum absolute atomic E-state index is 12.6. The number of carbonyl (C=O) groups is 2. The summed E-state index contributed by atoms with van der Waals surface area (Å²) in [5.74, 6) is -1.03. The highest BCUT2D eigenvalue weighted by Crippen LogP contribution is 2.45. The normalized spacial score (nSPS) is 22.4. The summed E-state index contributed by atoms with van der Waals surface area (Å²) in [5.41, 5.74) is 3.19.